The van der Waals surface area contributed by atoms with Gasteiger partial charge in [0.1, 0.15) is 45.9 Å². The molecule has 0 saturated heterocycles. The summed E-state index contributed by atoms with van der Waals surface area (Å²) in [6, 6.07) is 53.9. The van der Waals surface area contributed by atoms with Crippen molar-refractivity contribution in [1.82, 2.24) is 4.90 Å². The Labute approximate surface area is 384 Å². The number of rotatable bonds is 10. The van der Waals surface area contributed by atoms with Gasteiger partial charge < -0.3 is 18.7 Å². The SMILES string of the molecule is Cc1ccc(Oc2ccc(C(c3ccc(Oc4ccc(N5C(=O)c6ccc(Oc7ccc8c(c7)C(=O)N(C)C8=O)cc6C5=O)cc4)cc3)P3(=O)Oc4ccccc4-c4ccccc43)cc2)cc1. The summed E-state index contributed by atoms with van der Waals surface area (Å²) in [6.07, 6.45) is 0. The first-order valence-corrected chi connectivity index (χ1v) is 23.1. The quantitative estimate of drug-likeness (QED) is 0.0973. The summed E-state index contributed by atoms with van der Waals surface area (Å²) < 4.78 is 40.8. The highest BCUT2D eigenvalue weighted by Crippen LogP contribution is 2.65. The van der Waals surface area contributed by atoms with E-state index in [0.717, 1.165) is 37.6 Å². The molecule has 4 amide bonds. The van der Waals surface area contributed by atoms with E-state index in [1.807, 2.05) is 128 Å². The Balaban J connectivity index is 0.834. The van der Waals surface area contributed by atoms with Crippen LogP contribution in [0.2, 0.25) is 0 Å². The fraction of sp³-hybridized carbons (Fsp3) is 0.0545. The van der Waals surface area contributed by atoms with Crippen molar-refractivity contribution >= 4 is 42.0 Å². The molecule has 8 aromatic carbocycles. The number of hydrogen-bond donors (Lipinski definition) is 0. The van der Waals surface area contributed by atoms with Gasteiger partial charge in [0.05, 0.1) is 33.2 Å². The summed E-state index contributed by atoms with van der Waals surface area (Å²) in [5.74, 6) is 1.61. The van der Waals surface area contributed by atoms with Gasteiger partial charge in [-0.2, -0.15) is 0 Å². The second-order valence-electron chi connectivity index (χ2n) is 16.4. The molecule has 12 heteroatoms. The van der Waals surface area contributed by atoms with Crippen LogP contribution in [0.25, 0.3) is 11.1 Å². The molecule has 8 aromatic rings. The summed E-state index contributed by atoms with van der Waals surface area (Å²) in [4.78, 5) is 54.2. The van der Waals surface area contributed by atoms with Crippen LogP contribution >= 0.6 is 7.37 Å². The van der Waals surface area contributed by atoms with Crippen molar-refractivity contribution in [2.75, 3.05) is 11.9 Å². The highest BCUT2D eigenvalue weighted by Gasteiger charge is 2.45. The number of hydrogen-bond acceptors (Lipinski definition) is 9. The predicted molar refractivity (Wildman–Crippen MR) is 253 cm³/mol. The lowest BCUT2D eigenvalue weighted by Gasteiger charge is -2.34. The minimum absolute atomic E-state index is 0.161. The maximum atomic E-state index is 15.8. The molecular formula is C55H37N2O9P. The molecule has 0 saturated carbocycles. The van der Waals surface area contributed by atoms with Crippen LogP contribution in [0.4, 0.5) is 5.69 Å². The second kappa shape index (κ2) is 16.2. The average molecular weight is 901 g/mol. The first kappa shape index (κ1) is 41.2. The van der Waals surface area contributed by atoms with E-state index in [9.17, 15) is 19.2 Å². The fourth-order valence-corrected chi connectivity index (χ4v) is 11.6. The smallest absolute Gasteiger partial charge is 0.289 e. The maximum absolute atomic E-state index is 15.8. The first-order valence-electron chi connectivity index (χ1n) is 21.4. The Kier molecular flexibility index (Phi) is 9.94. The van der Waals surface area contributed by atoms with Crippen molar-refractivity contribution in [2.24, 2.45) is 0 Å². The molecule has 11 rings (SSSR count). The monoisotopic (exact) mass is 900 g/mol. The number of carbonyl (C=O) groups is 4. The van der Waals surface area contributed by atoms with Crippen LogP contribution in [0.5, 0.6) is 40.2 Å². The lowest BCUT2D eigenvalue weighted by Crippen LogP contribution is -2.29. The number of anilines is 1. The van der Waals surface area contributed by atoms with Gasteiger partial charge >= 0.3 is 0 Å². The highest BCUT2D eigenvalue weighted by atomic mass is 31.2. The molecule has 3 aliphatic heterocycles. The Hall–Kier alpha value is -8.53. The third-order valence-electron chi connectivity index (χ3n) is 12.1. The van der Waals surface area contributed by atoms with Crippen LogP contribution in [0.1, 0.15) is 63.8 Å². The lowest BCUT2D eigenvalue weighted by molar-refractivity contribution is 0.0692. The number of nitrogens with zero attached hydrogens (tertiary/aromatic N) is 2. The Morgan fingerprint density at radius 1 is 0.448 bits per heavy atom. The number of benzene rings is 8. The summed E-state index contributed by atoms with van der Waals surface area (Å²) >= 11 is 0. The third kappa shape index (κ3) is 7.22. The second-order valence-corrected chi connectivity index (χ2v) is 18.8. The lowest BCUT2D eigenvalue weighted by atomic mass is 10.0. The van der Waals surface area contributed by atoms with Gasteiger partial charge in [-0.3, -0.25) is 28.6 Å². The van der Waals surface area contributed by atoms with Gasteiger partial charge in [-0.1, -0.05) is 78.4 Å². The van der Waals surface area contributed by atoms with E-state index in [2.05, 4.69) is 0 Å². The molecule has 326 valence electrons. The van der Waals surface area contributed by atoms with Crippen molar-refractivity contribution in [2.45, 2.75) is 12.6 Å². The molecule has 67 heavy (non-hydrogen) atoms. The summed E-state index contributed by atoms with van der Waals surface area (Å²) in [5.41, 5.74) is 4.93. The van der Waals surface area contributed by atoms with Gasteiger partial charge in [0.15, 0.2) is 0 Å². The van der Waals surface area contributed by atoms with E-state index in [1.165, 1.54) is 31.3 Å². The van der Waals surface area contributed by atoms with Crippen molar-refractivity contribution in [1.29, 1.82) is 0 Å². The first-order chi connectivity index (χ1) is 32.5. The van der Waals surface area contributed by atoms with Crippen molar-refractivity contribution in [3.63, 3.8) is 0 Å². The van der Waals surface area contributed by atoms with E-state index < -0.39 is 30.7 Å². The van der Waals surface area contributed by atoms with Crippen molar-refractivity contribution in [3.05, 3.63) is 221 Å². The number of amides is 4. The Bertz CT molecular complexity index is 3390. The number of para-hydroxylation sites is 1. The number of aryl methyl sites for hydroxylation is 1. The van der Waals surface area contributed by atoms with Gasteiger partial charge in [0.25, 0.3) is 31.0 Å². The van der Waals surface area contributed by atoms with Gasteiger partial charge in [0.2, 0.25) is 0 Å². The van der Waals surface area contributed by atoms with Crippen LogP contribution in [-0.4, -0.2) is 35.6 Å². The molecule has 11 nitrogen and oxygen atoms in total. The molecule has 0 bridgehead atoms. The van der Waals surface area contributed by atoms with Crippen LogP contribution in [0.15, 0.2) is 182 Å². The zero-order valence-electron chi connectivity index (χ0n) is 35.9. The van der Waals surface area contributed by atoms with Crippen LogP contribution in [-0.2, 0) is 4.57 Å². The molecule has 3 aliphatic rings. The summed E-state index contributed by atoms with van der Waals surface area (Å²) in [6.45, 7) is 2.02. The molecule has 0 radical (unpaired) electrons. The molecule has 0 fully saturated rings. The van der Waals surface area contributed by atoms with E-state index in [-0.39, 0.29) is 33.9 Å². The molecule has 3 heterocycles. The third-order valence-corrected chi connectivity index (χ3v) is 14.9. The topological polar surface area (TPSA) is 129 Å². The van der Waals surface area contributed by atoms with E-state index >= 15 is 4.57 Å². The van der Waals surface area contributed by atoms with E-state index in [4.69, 9.17) is 18.7 Å². The fourth-order valence-electron chi connectivity index (χ4n) is 8.75. The normalized spacial score (nSPS) is 16.1. The van der Waals surface area contributed by atoms with Crippen LogP contribution in [0, 0.1) is 6.92 Å². The zero-order valence-corrected chi connectivity index (χ0v) is 36.8. The van der Waals surface area contributed by atoms with Gasteiger partial charge in [-0.15, -0.1) is 0 Å². The summed E-state index contributed by atoms with van der Waals surface area (Å²) in [5, 5.41) is 0.632. The molecule has 0 aromatic heterocycles. The minimum atomic E-state index is -3.71. The number of imide groups is 2. The van der Waals surface area contributed by atoms with Gasteiger partial charge in [0, 0.05) is 12.6 Å². The number of fused-ring (bicyclic) bond motifs is 5. The van der Waals surface area contributed by atoms with Crippen molar-refractivity contribution in [3.8, 4) is 51.4 Å². The minimum Gasteiger partial charge on any atom is -0.457 e. The predicted octanol–water partition coefficient (Wildman–Crippen LogP) is 12.2. The van der Waals surface area contributed by atoms with E-state index in [1.54, 1.807) is 36.4 Å². The average Bonchev–Trinajstić information content (AvgIpc) is 3.72. The van der Waals surface area contributed by atoms with E-state index in [0.29, 0.717) is 45.5 Å². The van der Waals surface area contributed by atoms with Crippen molar-refractivity contribution < 1.29 is 42.5 Å². The largest absolute Gasteiger partial charge is 0.457 e. The maximum Gasteiger partial charge on any atom is 0.289 e. The highest BCUT2D eigenvalue weighted by molar-refractivity contribution is 7.68. The van der Waals surface area contributed by atoms with Gasteiger partial charge in [-0.25, -0.2) is 4.90 Å². The molecule has 0 spiro atoms. The number of carbonyl (C=O) groups excluding carboxylic acids is 4. The Morgan fingerprint density at radius 2 is 0.881 bits per heavy atom. The molecule has 0 aliphatic carbocycles. The van der Waals surface area contributed by atoms with Gasteiger partial charge in [-0.05, 0) is 133 Å². The summed E-state index contributed by atoms with van der Waals surface area (Å²) in [7, 11) is -2.29. The molecule has 0 N–H and O–H groups in total. The van der Waals surface area contributed by atoms with Crippen LogP contribution < -0.4 is 28.9 Å². The standard InChI is InChI=1S/C55H37N2O9P/c1-33-11-19-37(20-12-33)63-38-21-13-34(14-22-38)51(67(62)50-10-6-4-8-44(50)43-7-3-5-9-49(43)66-67)35-15-23-39(24-16-35)64-40-25-17-36(18-26-40)57-54(60)46-30-28-42(32-48(46)55(57)61)65-41-27-29-45-47(31-41)53(59)56(2)52(45)58/h3-32,51H,1-2H3. The molecular weight excluding hydrogens is 864 g/mol. The molecule has 2 unspecified atom stereocenters. The van der Waals surface area contributed by atoms with Crippen LogP contribution in [0.3, 0.4) is 0 Å². The molecule has 2 atom stereocenters. The Morgan fingerprint density at radius 3 is 1.48 bits per heavy atom. The zero-order chi connectivity index (χ0) is 46.0. The number of ether oxygens (including phenoxy) is 3.